The molecule has 2 aliphatic rings. The van der Waals surface area contributed by atoms with E-state index in [0.717, 1.165) is 0 Å². The Morgan fingerprint density at radius 1 is 1.05 bits per heavy atom. The smallest absolute Gasteiger partial charge is 0.192 e. The summed E-state index contributed by atoms with van der Waals surface area (Å²) in [6.45, 7) is 1.76. The Kier molecular flexibility index (Phi) is 2.66. The first-order valence-electron chi connectivity index (χ1n) is 6.30. The van der Waals surface area contributed by atoms with E-state index in [0.29, 0.717) is 23.1 Å². The number of hydrogen-bond acceptors (Lipinski definition) is 4. The van der Waals surface area contributed by atoms with Gasteiger partial charge in [0.25, 0.3) is 0 Å². The van der Waals surface area contributed by atoms with Crippen molar-refractivity contribution >= 4 is 11.6 Å². The molecular formula is C15H14O4. The second-order valence-corrected chi connectivity index (χ2v) is 5.21. The van der Waals surface area contributed by atoms with Crippen molar-refractivity contribution in [2.24, 2.45) is 5.92 Å². The number of ketones is 2. The molecule has 0 aromatic heterocycles. The van der Waals surface area contributed by atoms with E-state index in [-0.39, 0.29) is 23.1 Å². The Balaban J connectivity index is 2.20. The molecule has 1 aromatic rings. The van der Waals surface area contributed by atoms with Gasteiger partial charge in [-0.2, -0.15) is 0 Å². The second-order valence-electron chi connectivity index (χ2n) is 5.21. The van der Waals surface area contributed by atoms with Crippen LogP contribution in [-0.4, -0.2) is 34.0 Å². The van der Waals surface area contributed by atoms with E-state index in [1.807, 2.05) is 0 Å². The van der Waals surface area contributed by atoms with Crippen LogP contribution in [0.4, 0.5) is 0 Å². The molecule has 0 amide bonds. The van der Waals surface area contributed by atoms with Gasteiger partial charge < -0.3 is 10.2 Å². The lowest BCUT2D eigenvalue weighted by Crippen LogP contribution is -2.43. The van der Waals surface area contributed by atoms with Gasteiger partial charge in [0.2, 0.25) is 0 Å². The molecule has 1 aromatic carbocycles. The Labute approximate surface area is 110 Å². The van der Waals surface area contributed by atoms with Gasteiger partial charge in [0.05, 0.1) is 6.10 Å². The Bertz CT molecular complexity index is 614. The maximum absolute atomic E-state index is 12.4. The fourth-order valence-corrected chi connectivity index (χ4v) is 2.89. The van der Waals surface area contributed by atoms with Gasteiger partial charge in [-0.15, -0.1) is 0 Å². The lowest BCUT2D eigenvalue weighted by atomic mass is 9.72. The third kappa shape index (κ3) is 1.60. The molecule has 0 heterocycles. The van der Waals surface area contributed by atoms with Crippen LogP contribution in [-0.2, 0) is 0 Å². The van der Waals surface area contributed by atoms with E-state index < -0.39 is 12.2 Å². The Morgan fingerprint density at radius 2 is 1.63 bits per heavy atom. The van der Waals surface area contributed by atoms with Gasteiger partial charge in [0.1, 0.15) is 6.10 Å². The Hall–Kier alpha value is -1.78. The minimum Gasteiger partial charge on any atom is -0.390 e. The van der Waals surface area contributed by atoms with Crippen molar-refractivity contribution in [1.29, 1.82) is 0 Å². The van der Waals surface area contributed by atoms with Crippen molar-refractivity contribution in [2.75, 3.05) is 0 Å². The average molecular weight is 258 g/mol. The SMILES string of the molecule is C[C@@H]1CC2=C(C(=O)c3ccccc3C2=O)[C@@H](O)[C@H]1O. The second kappa shape index (κ2) is 4.11. The van der Waals surface area contributed by atoms with Gasteiger partial charge in [-0.3, -0.25) is 9.59 Å². The van der Waals surface area contributed by atoms with Gasteiger partial charge in [0.15, 0.2) is 11.6 Å². The van der Waals surface area contributed by atoms with Gasteiger partial charge in [-0.1, -0.05) is 31.2 Å². The average Bonchev–Trinajstić information content (AvgIpc) is 2.42. The number of Topliss-reactive ketones (excluding diaryl/α,β-unsaturated/α-hetero) is 2. The molecule has 0 saturated heterocycles. The summed E-state index contributed by atoms with van der Waals surface area (Å²) in [5.41, 5.74) is 1.14. The van der Waals surface area contributed by atoms with Crippen molar-refractivity contribution in [3.63, 3.8) is 0 Å². The lowest BCUT2D eigenvalue weighted by molar-refractivity contribution is -0.00164. The Morgan fingerprint density at radius 3 is 2.26 bits per heavy atom. The molecule has 3 rings (SSSR count). The summed E-state index contributed by atoms with van der Waals surface area (Å²) < 4.78 is 0. The third-order valence-electron chi connectivity index (χ3n) is 3.99. The van der Waals surface area contributed by atoms with Gasteiger partial charge in [0, 0.05) is 22.3 Å². The number of hydrogen-bond donors (Lipinski definition) is 2. The highest BCUT2D eigenvalue weighted by Crippen LogP contribution is 2.37. The number of rotatable bonds is 0. The highest BCUT2D eigenvalue weighted by molar-refractivity contribution is 6.27. The third-order valence-corrected chi connectivity index (χ3v) is 3.99. The molecule has 2 aliphatic carbocycles. The monoisotopic (exact) mass is 258 g/mol. The predicted molar refractivity (Wildman–Crippen MR) is 67.9 cm³/mol. The van der Waals surface area contributed by atoms with Crippen molar-refractivity contribution in [2.45, 2.75) is 25.6 Å². The first-order valence-corrected chi connectivity index (χ1v) is 6.30. The van der Waals surface area contributed by atoms with Crippen LogP contribution in [0.3, 0.4) is 0 Å². The van der Waals surface area contributed by atoms with Crippen molar-refractivity contribution in [1.82, 2.24) is 0 Å². The molecule has 0 bridgehead atoms. The van der Waals surface area contributed by atoms with Crippen LogP contribution >= 0.6 is 0 Å². The molecule has 19 heavy (non-hydrogen) atoms. The van der Waals surface area contributed by atoms with E-state index >= 15 is 0 Å². The van der Waals surface area contributed by atoms with Gasteiger partial charge >= 0.3 is 0 Å². The molecule has 98 valence electrons. The van der Waals surface area contributed by atoms with E-state index in [4.69, 9.17) is 0 Å². The normalized spacial score (nSPS) is 30.2. The fraction of sp³-hybridized carbons (Fsp3) is 0.333. The molecule has 0 aliphatic heterocycles. The van der Waals surface area contributed by atoms with Crippen LogP contribution in [0.25, 0.3) is 0 Å². The van der Waals surface area contributed by atoms with Crippen LogP contribution in [0.1, 0.15) is 34.1 Å². The summed E-state index contributed by atoms with van der Waals surface area (Å²) in [5, 5.41) is 20.0. The number of fused-ring (bicyclic) bond motifs is 1. The fourth-order valence-electron chi connectivity index (χ4n) is 2.89. The summed E-state index contributed by atoms with van der Waals surface area (Å²) in [4.78, 5) is 24.8. The molecule has 3 atom stereocenters. The molecule has 0 unspecified atom stereocenters. The molecule has 4 heteroatoms. The minimum atomic E-state index is -1.27. The number of carbonyl (C=O) groups excluding carboxylic acids is 2. The summed E-state index contributed by atoms with van der Waals surface area (Å²) >= 11 is 0. The summed E-state index contributed by atoms with van der Waals surface area (Å²) in [6, 6.07) is 6.61. The zero-order valence-electron chi connectivity index (χ0n) is 10.5. The number of allylic oxidation sites excluding steroid dienone is 1. The van der Waals surface area contributed by atoms with Crippen molar-refractivity contribution in [3.05, 3.63) is 46.5 Å². The molecule has 0 saturated carbocycles. The van der Waals surface area contributed by atoms with Crippen LogP contribution < -0.4 is 0 Å². The molecule has 0 spiro atoms. The van der Waals surface area contributed by atoms with Gasteiger partial charge in [-0.05, 0) is 12.3 Å². The highest BCUT2D eigenvalue weighted by atomic mass is 16.3. The molecule has 2 N–H and O–H groups in total. The standard InChI is InChI=1S/C15H14O4/c1-7-6-10-11(15(19)12(7)16)14(18)9-5-3-2-4-8(9)13(10)17/h2-5,7,12,15-16,19H,6H2,1H3/t7-,12+,15-/m1/s1. The zero-order chi connectivity index (χ0) is 13.7. The molecular weight excluding hydrogens is 244 g/mol. The predicted octanol–water partition coefficient (Wildman–Crippen LogP) is 1.12. The van der Waals surface area contributed by atoms with Crippen molar-refractivity contribution < 1.29 is 19.8 Å². The van der Waals surface area contributed by atoms with E-state index in [1.165, 1.54) is 0 Å². The molecule has 4 nitrogen and oxygen atoms in total. The van der Waals surface area contributed by atoms with E-state index in [1.54, 1.807) is 31.2 Å². The molecule has 0 fully saturated rings. The largest absolute Gasteiger partial charge is 0.390 e. The van der Waals surface area contributed by atoms with Crippen LogP contribution in [0.5, 0.6) is 0 Å². The first-order chi connectivity index (χ1) is 9.02. The van der Waals surface area contributed by atoms with Crippen LogP contribution in [0.15, 0.2) is 35.4 Å². The quantitative estimate of drug-likeness (QED) is 0.731. The van der Waals surface area contributed by atoms with Gasteiger partial charge in [-0.25, -0.2) is 0 Å². The lowest BCUT2D eigenvalue weighted by Gasteiger charge is -2.35. The maximum Gasteiger partial charge on any atom is 0.192 e. The first kappa shape index (κ1) is 12.3. The van der Waals surface area contributed by atoms with Crippen LogP contribution in [0.2, 0.25) is 0 Å². The topological polar surface area (TPSA) is 74.6 Å². The number of aliphatic hydroxyl groups is 2. The number of benzene rings is 1. The van der Waals surface area contributed by atoms with Crippen molar-refractivity contribution in [3.8, 4) is 0 Å². The minimum absolute atomic E-state index is 0.0781. The summed E-state index contributed by atoms with van der Waals surface area (Å²) in [6.07, 6.45) is -1.95. The summed E-state index contributed by atoms with van der Waals surface area (Å²) in [5.74, 6) is -0.789. The van der Waals surface area contributed by atoms with Crippen LogP contribution in [0, 0.1) is 5.92 Å². The summed E-state index contributed by atoms with van der Waals surface area (Å²) in [7, 11) is 0. The zero-order valence-corrected chi connectivity index (χ0v) is 10.5. The van der Waals surface area contributed by atoms with E-state index in [9.17, 15) is 19.8 Å². The highest BCUT2D eigenvalue weighted by Gasteiger charge is 2.43. The maximum atomic E-state index is 12.4. The van der Waals surface area contributed by atoms with E-state index in [2.05, 4.69) is 0 Å². The molecule has 0 radical (unpaired) electrons. The number of aliphatic hydroxyl groups excluding tert-OH is 2. The number of carbonyl (C=O) groups is 2.